The van der Waals surface area contributed by atoms with Gasteiger partial charge in [0.15, 0.2) is 0 Å². The molecule has 1 atom stereocenters. The Kier molecular flexibility index (Phi) is 6.13. The van der Waals surface area contributed by atoms with Crippen LogP contribution in [0.1, 0.15) is 18.4 Å². The fourth-order valence-corrected chi connectivity index (χ4v) is 4.06. The number of benzene rings is 2. The molecule has 162 valence electrons. The van der Waals surface area contributed by atoms with E-state index >= 15 is 0 Å². The predicted molar refractivity (Wildman–Crippen MR) is 121 cm³/mol. The number of aryl methyl sites for hydroxylation is 1. The number of methoxy groups -OCH3 is 1. The van der Waals surface area contributed by atoms with E-state index in [0.717, 1.165) is 42.0 Å². The van der Waals surface area contributed by atoms with Gasteiger partial charge in [-0.15, -0.1) is 0 Å². The monoisotopic (exact) mass is 440 g/mol. The predicted octanol–water partition coefficient (Wildman–Crippen LogP) is 4.59. The van der Waals surface area contributed by atoms with Crippen LogP contribution in [0, 0.1) is 12.8 Å². The number of anilines is 2. The minimum absolute atomic E-state index is 0.0601. The number of hydrogen-bond donors (Lipinski definition) is 0. The lowest BCUT2D eigenvalue weighted by Gasteiger charge is -2.33. The van der Waals surface area contributed by atoms with Crippen molar-refractivity contribution in [3.63, 3.8) is 0 Å². The zero-order valence-electron chi connectivity index (χ0n) is 17.8. The van der Waals surface area contributed by atoms with Crippen molar-refractivity contribution < 1.29 is 14.1 Å². The van der Waals surface area contributed by atoms with Gasteiger partial charge in [0.1, 0.15) is 5.75 Å². The van der Waals surface area contributed by atoms with Gasteiger partial charge in [-0.25, -0.2) is 0 Å². The summed E-state index contributed by atoms with van der Waals surface area (Å²) in [6.45, 7) is 3.28. The molecule has 8 heteroatoms. The molecule has 0 spiro atoms. The number of hydrogen-bond acceptors (Lipinski definition) is 6. The van der Waals surface area contributed by atoms with Crippen LogP contribution in [0.2, 0.25) is 5.02 Å². The van der Waals surface area contributed by atoms with E-state index in [4.69, 9.17) is 20.9 Å². The largest absolute Gasteiger partial charge is 0.497 e. The molecule has 0 bridgehead atoms. The number of piperidine rings is 1. The second kappa shape index (κ2) is 8.98. The Balaban J connectivity index is 1.47. The highest BCUT2D eigenvalue weighted by Gasteiger charge is 2.31. The van der Waals surface area contributed by atoms with Crippen molar-refractivity contribution in [1.82, 2.24) is 10.1 Å². The molecule has 3 aromatic rings. The minimum atomic E-state index is -0.159. The summed E-state index contributed by atoms with van der Waals surface area (Å²) >= 11 is 6.14. The number of nitrogens with zero attached hydrogens (tertiary/aromatic N) is 4. The summed E-state index contributed by atoms with van der Waals surface area (Å²) in [5.41, 5.74) is 2.68. The van der Waals surface area contributed by atoms with E-state index in [0.29, 0.717) is 23.4 Å². The van der Waals surface area contributed by atoms with Crippen molar-refractivity contribution in [3.8, 4) is 17.1 Å². The van der Waals surface area contributed by atoms with Crippen LogP contribution in [0.4, 0.5) is 11.7 Å². The highest BCUT2D eigenvalue weighted by Crippen LogP contribution is 2.29. The molecule has 2 heterocycles. The van der Waals surface area contributed by atoms with Gasteiger partial charge >= 0.3 is 6.01 Å². The van der Waals surface area contributed by atoms with Gasteiger partial charge in [0, 0.05) is 36.4 Å². The molecule has 0 radical (unpaired) electrons. The zero-order chi connectivity index (χ0) is 22.0. The van der Waals surface area contributed by atoms with Gasteiger partial charge in [-0.2, -0.15) is 4.98 Å². The van der Waals surface area contributed by atoms with Crippen molar-refractivity contribution in [2.45, 2.75) is 19.8 Å². The van der Waals surface area contributed by atoms with Crippen LogP contribution in [-0.4, -0.2) is 43.3 Å². The molecule has 31 heavy (non-hydrogen) atoms. The Morgan fingerprint density at radius 2 is 2.03 bits per heavy atom. The second-order valence-electron chi connectivity index (χ2n) is 7.74. The van der Waals surface area contributed by atoms with Gasteiger partial charge in [-0.05, 0) is 61.7 Å². The average Bonchev–Trinajstić information content (AvgIpc) is 3.30. The maximum Gasteiger partial charge on any atom is 0.324 e. The number of halogens is 1. The van der Waals surface area contributed by atoms with E-state index < -0.39 is 0 Å². The van der Waals surface area contributed by atoms with Gasteiger partial charge in [0.05, 0.1) is 13.0 Å². The Hall–Kier alpha value is -3.06. The van der Waals surface area contributed by atoms with Crippen molar-refractivity contribution in [2.24, 2.45) is 5.92 Å². The van der Waals surface area contributed by atoms with Crippen LogP contribution >= 0.6 is 11.6 Å². The normalized spacial score (nSPS) is 16.3. The highest BCUT2D eigenvalue weighted by molar-refractivity contribution is 6.31. The molecular weight excluding hydrogens is 416 g/mol. The van der Waals surface area contributed by atoms with Gasteiger partial charge < -0.3 is 19.1 Å². The van der Waals surface area contributed by atoms with Crippen molar-refractivity contribution in [3.05, 3.63) is 53.1 Å². The number of carbonyl (C=O) groups excluding carboxylic acids is 1. The minimum Gasteiger partial charge on any atom is -0.497 e. The van der Waals surface area contributed by atoms with Crippen molar-refractivity contribution in [1.29, 1.82) is 0 Å². The fraction of sp³-hybridized carbons (Fsp3) is 0.348. The summed E-state index contributed by atoms with van der Waals surface area (Å²) in [6.07, 6.45) is 1.69. The molecular formula is C23H25ClN4O3. The summed E-state index contributed by atoms with van der Waals surface area (Å²) < 4.78 is 10.7. The first-order chi connectivity index (χ1) is 15.0. The molecule has 1 fully saturated rings. The maximum absolute atomic E-state index is 13.2. The zero-order valence-corrected chi connectivity index (χ0v) is 18.6. The van der Waals surface area contributed by atoms with E-state index in [1.54, 1.807) is 19.1 Å². The topological polar surface area (TPSA) is 71.7 Å². The van der Waals surface area contributed by atoms with Crippen molar-refractivity contribution >= 4 is 29.2 Å². The SMILES string of the molecule is COc1ccc(-c2noc(N3CCC[C@H](C(=O)N(C)c4cc(Cl)ccc4C)C3)n2)cc1. The molecule has 1 amide bonds. The number of aromatic nitrogens is 2. The molecule has 1 aliphatic rings. The molecule has 1 aromatic heterocycles. The molecule has 0 unspecified atom stereocenters. The number of rotatable bonds is 5. The van der Waals surface area contributed by atoms with Crippen molar-refractivity contribution in [2.75, 3.05) is 37.0 Å². The highest BCUT2D eigenvalue weighted by atomic mass is 35.5. The molecule has 7 nitrogen and oxygen atoms in total. The Morgan fingerprint density at radius 3 is 2.77 bits per heavy atom. The van der Waals surface area contributed by atoms with E-state index in [1.807, 2.05) is 54.3 Å². The Bertz CT molecular complexity index is 1070. The fourth-order valence-electron chi connectivity index (χ4n) is 3.89. The van der Waals surface area contributed by atoms with Crippen LogP contribution in [0.5, 0.6) is 5.75 Å². The van der Waals surface area contributed by atoms with Gasteiger partial charge in [-0.1, -0.05) is 22.8 Å². The van der Waals surface area contributed by atoms with Gasteiger partial charge in [-0.3, -0.25) is 4.79 Å². The van der Waals surface area contributed by atoms with Crippen LogP contribution < -0.4 is 14.5 Å². The first-order valence-corrected chi connectivity index (χ1v) is 10.6. The lowest BCUT2D eigenvalue weighted by molar-refractivity contribution is -0.122. The second-order valence-corrected chi connectivity index (χ2v) is 8.18. The molecule has 0 aliphatic carbocycles. The molecule has 0 N–H and O–H groups in total. The van der Waals surface area contributed by atoms with E-state index in [2.05, 4.69) is 10.1 Å². The molecule has 4 rings (SSSR count). The van der Waals surface area contributed by atoms with Crippen LogP contribution in [0.15, 0.2) is 47.0 Å². The maximum atomic E-state index is 13.2. The van der Waals surface area contributed by atoms with Gasteiger partial charge in [0.25, 0.3) is 0 Å². The smallest absolute Gasteiger partial charge is 0.324 e. The summed E-state index contributed by atoms with van der Waals surface area (Å²) in [7, 11) is 3.43. The lowest BCUT2D eigenvalue weighted by Crippen LogP contribution is -2.44. The van der Waals surface area contributed by atoms with Crippen LogP contribution in [0.3, 0.4) is 0 Å². The summed E-state index contributed by atoms with van der Waals surface area (Å²) in [4.78, 5) is 21.4. The third kappa shape index (κ3) is 4.51. The molecule has 1 saturated heterocycles. The average molecular weight is 441 g/mol. The quantitative estimate of drug-likeness (QED) is 0.578. The standard InChI is InChI=1S/C23H25ClN4O3/c1-15-6-9-18(24)13-20(15)27(2)22(29)17-5-4-12-28(14-17)23-25-21(26-31-23)16-7-10-19(30-3)11-8-16/h6-11,13,17H,4-5,12,14H2,1-3H3/t17-/m0/s1. The van der Waals surface area contributed by atoms with E-state index in [9.17, 15) is 4.79 Å². The summed E-state index contributed by atoms with van der Waals surface area (Å²) in [5, 5.41) is 4.73. The number of amides is 1. The van der Waals surface area contributed by atoms with Crippen LogP contribution in [0.25, 0.3) is 11.4 Å². The lowest BCUT2D eigenvalue weighted by atomic mass is 9.96. The molecule has 2 aromatic carbocycles. The number of carbonyl (C=O) groups is 1. The first kappa shape index (κ1) is 21.2. The molecule has 0 saturated carbocycles. The third-order valence-electron chi connectivity index (χ3n) is 5.67. The Labute approximate surface area is 186 Å². The summed E-state index contributed by atoms with van der Waals surface area (Å²) in [6, 6.07) is 13.5. The van der Waals surface area contributed by atoms with E-state index in [-0.39, 0.29) is 11.8 Å². The number of ether oxygens (including phenoxy) is 1. The van der Waals surface area contributed by atoms with Crippen LogP contribution in [-0.2, 0) is 4.79 Å². The van der Waals surface area contributed by atoms with Gasteiger partial charge in [0.2, 0.25) is 11.7 Å². The Morgan fingerprint density at radius 1 is 1.26 bits per heavy atom. The first-order valence-electron chi connectivity index (χ1n) is 10.2. The third-order valence-corrected chi connectivity index (χ3v) is 5.90. The summed E-state index contributed by atoms with van der Waals surface area (Å²) in [5.74, 6) is 1.18. The van der Waals surface area contributed by atoms with E-state index in [1.165, 1.54) is 0 Å². The molecule has 1 aliphatic heterocycles.